The van der Waals surface area contributed by atoms with Crippen LogP contribution < -0.4 is 5.32 Å². The fourth-order valence-corrected chi connectivity index (χ4v) is 2.68. The SMILES string of the molecule is CC(C)(C)OC(=O)N1CCCC1CNC(=O)c1cccnc1Cl. The largest absolute Gasteiger partial charge is 0.444 e. The van der Waals surface area contributed by atoms with Gasteiger partial charge in [0.05, 0.1) is 11.6 Å². The van der Waals surface area contributed by atoms with Crippen LogP contribution in [0, 0.1) is 0 Å². The summed E-state index contributed by atoms with van der Waals surface area (Å²) in [5, 5.41) is 2.98. The van der Waals surface area contributed by atoms with E-state index >= 15 is 0 Å². The highest BCUT2D eigenvalue weighted by Gasteiger charge is 2.32. The molecule has 0 aliphatic carbocycles. The van der Waals surface area contributed by atoms with E-state index < -0.39 is 5.60 Å². The van der Waals surface area contributed by atoms with Gasteiger partial charge in [0.2, 0.25) is 0 Å². The Labute approximate surface area is 141 Å². The van der Waals surface area contributed by atoms with Gasteiger partial charge in [0.25, 0.3) is 5.91 Å². The van der Waals surface area contributed by atoms with Crippen molar-refractivity contribution in [3.8, 4) is 0 Å². The van der Waals surface area contributed by atoms with Crippen LogP contribution in [0.2, 0.25) is 5.15 Å². The number of amides is 2. The molecule has 6 nitrogen and oxygen atoms in total. The third-order valence-electron chi connectivity index (χ3n) is 3.51. The van der Waals surface area contributed by atoms with Crippen LogP contribution in [-0.4, -0.2) is 46.6 Å². The molecule has 0 radical (unpaired) electrons. The number of ether oxygens (including phenoxy) is 1. The summed E-state index contributed by atoms with van der Waals surface area (Å²) < 4.78 is 5.41. The zero-order chi connectivity index (χ0) is 17.0. The van der Waals surface area contributed by atoms with Gasteiger partial charge in [0, 0.05) is 19.3 Å². The van der Waals surface area contributed by atoms with Gasteiger partial charge in [-0.05, 0) is 45.7 Å². The minimum Gasteiger partial charge on any atom is -0.444 e. The lowest BCUT2D eigenvalue weighted by atomic mass is 10.2. The number of carbonyl (C=O) groups is 2. The van der Waals surface area contributed by atoms with E-state index in [2.05, 4.69) is 10.3 Å². The van der Waals surface area contributed by atoms with Crippen molar-refractivity contribution in [1.82, 2.24) is 15.2 Å². The molecule has 1 aromatic heterocycles. The zero-order valence-corrected chi connectivity index (χ0v) is 14.4. The Bertz CT molecular complexity index is 586. The molecule has 1 aliphatic heterocycles. The number of nitrogens with one attached hydrogen (secondary N) is 1. The number of likely N-dealkylation sites (tertiary alicyclic amines) is 1. The van der Waals surface area contributed by atoms with Gasteiger partial charge in [-0.15, -0.1) is 0 Å². The summed E-state index contributed by atoms with van der Waals surface area (Å²) in [6.45, 7) is 6.51. The maximum atomic E-state index is 12.2. The first-order valence-corrected chi connectivity index (χ1v) is 8.04. The summed E-state index contributed by atoms with van der Waals surface area (Å²) >= 11 is 5.91. The summed E-state index contributed by atoms with van der Waals surface area (Å²) in [5.41, 5.74) is -0.201. The van der Waals surface area contributed by atoms with Crippen molar-refractivity contribution >= 4 is 23.6 Å². The average Bonchev–Trinajstić information content (AvgIpc) is 2.92. The first kappa shape index (κ1) is 17.5. The van der Waals surface area contributed by atoms with E-state index in [4.69, 9.17) is 16.3 Å². The van der Waals surface area contributed by atoms with E-state index in [1.165, 1.54) is 6.20 Å². The lowest BCUT2D eigenvalue weighted by Crippen LogP contribution is -2.45. The van der Waals surface area contributed by atoms with Crippen molar-refractivity contribution in [2.75, 3.05) is 13.1 Å². The molecule has 0 bridgehead atoms. The second-order valence-corrected chi connectivity index (χ2v) is 6.88. The Morgan fingerprint density at radius 2 is 2.22 bits per heavy atom. The molecule has 23 heavy (non-hydrogen) atoms. The van der Waals surface area contributed by atoms with Crippen LogP contribution >= 0.6 is 11.6 Å². The molecule has 1 aromatic rings. The second-order valence-electron chi connectivity index (χ2n) is 6.52. The van der Waals surface area contributed by atoms with E-state index in [1.807, 2.05) is 20.8 Å². The van der Waals surface area contributed by atoms with Crippen LogP contribution in [0.1, 0.15) is 44.0 Å². The van der Waals surface area contributed by atoms with E-state index in [1.54, 1.807) is 17.0 Å². The van der Waals surface area contributed by atoms with Gasteiger partial charge >= 0.3 is 6.09 Å². The number of hydrogen-bond donors (Lipinski definition) is 1. The lowest BCUT2D eigenvalue weighted by molar-refractivity contribution is 0.0225. The fraction of sp³-hybridized carbons (Fsp3) is 0.562. The van der Waals surface area contributed by atoms with Gasteiger partial charge in [0.1, 0.15) is 10.8 Å². The maximum absolute atomic E-state index is 12.2. The highest BCUT2D eigenvalue weighted by atomic mass is 35.5. The molecule has 7 heteroatoms. The van der Waals surface area contributed by atoms with E-state index in [0.717, 1.165) is 12.8 Å². The minimum atomic E-state index is -0.531. The van der Waals surface area contributed by atoms with Crippen LogP contribution in [-0.2, 0) is 4.74 Å². The molecule has 2 heterocycles. The van der Waals surface area contributed by atoms with Gasteiger partial charge < -0.3 is 15.0 Å². The predicted molar refractivity (Wildman–Crippen MR) is 87.5 cm³/mol. The Morgan fingerprint density at radius 1 is 1.48 bits per heavy atom. The minimum absolute atomic E-state index is 0.0655. The van der Waals surface area contributed by atoms with Crippen LogP contribution in [0.5, 0.6) is 0 Å². The number of nitrogens with zero attached hydrogens (tertiary/aromatic N) is 2. The van der Waals surface area contributed by atoms with Crippen LogP contribution in [0.25, 0.3) is 0 Å². The molecule has 0 saturated carbocycles. The predicted octanol–water partition coefficient (Wildman–Crippen LogP) is 2.86. The van der Waals surface area contributed by atoms with Gasteiger partial charge in [-0.25, -0.2) is 9.78 Å². The molecular weight excluding hydrogens is 318 g/mol. The van der Waals surface area contributed by atoms with E-state index in [0.29, 0.717) is 18.7 Å². The Morgan fingerprint density at radius 3 is 2.87 bits per heavy atom. The monoisotopic (exact) mass is 339 g/mol. The molecule has 1 saturated heterocycles. The van der Waals surface area contributed by atoms with Crippen molar-refractivity contribution in [3.05, 3.63) is 29.0 Å². The number of pyridine rings is 1. The Kier molecular flexibility index (Phi) is 5.46. The van der Waals surface area contributed by atoms with Gasteiger partial charge in [-0.2, -0.15) is 0 Å². The molecule has 1 unspecified atom stereocenters. The standard InChI is InChI=1S/C16H22ClN3O3/c1-16(2,3)23-15(22)20-9-5-6-11(20)10-19-14(21)12-7-4-8-18-13(12)17/h4,7-8,11H,5-6,9-10H2,1-3H3,(H,19,21). The van der Waals surface area contributed by atoms with Crippen molar-refractivity contribution < 1.29 is 14.3 Å². The highest BCUT2D eigenvalue weighted by Crippen LogP contribution is 2.20. The van der Waals surface area contributed by atoms with E-state index in [-0.39, 0.29) is 23.2 Å². The first-order valence-electron chi connectivity index (χ1n) is 7.66. The van der Waals surface area contributed by atoms with Crippen molar-refractivity contribution in [3.63, 3.8) is 0 Å². The van der Waals surface area contributed by atoms with Crippen molar-refractivity contribution in [1.29, 1.82) is 0 Å². The van der Waals surface area contributed by atoms with E-state index in [9.17, 15) is 9.59 Å². The first-order chi connectivity index (χ1) is 10.8. The zero-order valence-electron chi connectivity index (χ0n) is 13.6. The molecule has 1 aliphatic rings. The molecule has 126 valence electrons. The Hall–Kier alpha value is -1.82. The lowest BCUT2D eigenvalue weighted by Gasteiger charge is -2.28. The van der Waals surface area contributed by atoms with Crippen molar-refractivity contribution in [2.45, 2.75) is 45.3 Å². The summed E-state index contributed by atoms with van der Waals surface area (Å²) in [6, 6.07) is 3.21. The van der Waals surface area contributed by atoms with Gasteiger partial charge in [-0.3, -0.25) is 4.79 Å². The average molecular weight is 340 g/mol. The summed E-state index contributed by atoms with van der Waals surface area (Å²) in [4.78, 5) is 29.9. The summed E-state index contributed by atoms with van der Waals surface area (Å²) in [6.07, 6.45) is 2.92. The molecule has 1 fully saturated rings. The fourth-order valence-electron chi connectivity index (χ4n) is 2.47. The quantitative estimate of drug-likeness (QED) is 0.859. The summed E-state index contributed by atoms with van der Waals surface area (Å²) in [5.74, 6) is -0.292. The number of hydrogen-bond acceptors (Lipinski definition) is 4. The van der Waals surface area contributed by atoms with Crippen LogP contribution in [0.15, 0.2) is 18.3 Å². The third kappa shape index (κ3) is 4.82. The second kappa shape index (κ2) is 7.17. The number of rotatable bonds is 3. The Balaban J connectivity index is 1.93. The molecule has 2 rings (SSSR count). The van der Waals surface area contributed by atoms with Crippen LogP contribution in [0.3, 0.4) is 0 Å². The molecule has 0 spiro atoms. The van der Waals surface area contributed by atoms with Crippen molar-refractivity contribution in [2.24, 2.45) is 0 Å². The molecule has 1 atom stereocenters. The van der Waals surface area contributed by atoms with Gasteiger partial charge in [0.15, 0.2) is 0 Å². The molecule has 2 amide bonds. The smallest absolute Gasteiger partial charge is 0.410 e. The summed E-state index contributed by atoms with van der Waals surface area (Å²) in [7, 11) is 0. The topological polar surface area (TPSA) is 71.5 Å². The maximum Gasteiger partial charge on any atom is 0.410 e. The normalized spacial score (nSPS) is 17.9. The third-order valence-corrected chi connectivity index (χ3v) is 3.81. The molecular formula is C16H22ClN3O3. The molecule has 0 aromatic carbocycles. The number of aromatic nitrogens is 1. The number of halogens is 1. The highest BCUT2D eigenvalue weighted by molar-refractivity contribution is 6.32. The number of carbonyl (C=O) groups excluding carboxylic acids is 2. The molecule has 1 N–H and O–H groups in total. The van der Waals surface area contributed by atoms with Gasteiger partial charge in [-0.1, -0.05) is 11.6 Å². The van der Waals surface area contributed by atoms with Crippen LogP contribution in [0.4, 0.5) is 4.79 Å².